The number of likely N-dealkylation sites (tertiary alicyclic amines) is 1. The van der Waals surface area contributed by atoms with Crippen LogP contribution in [0.2, 0.25) is 5.02 Å². The Labute approximate surface area is 147 Å². The number of piperidine rings is 1. The van der Waals surface area contributed by atoms with Crippen molar-refractivity contribution in [1.29, 1.82) is 0 Å². The van der Waals surface area contributed by atoms with Crippen LogP contribution in [0.3, 0.4) is 0 Å². The molecule has 0 aliphatic carbocycles. The van der Waals surface area contributed by atoms with Gasteiger partial charge in [-0.3, -0.25) is 14.6 Å². The lowest BCUT2D eigenvalue weighted by atomic mass is 9.88. The summed E-state index contributed by atoms with van der Waals surface area (Å²) in [5, 5.41) is 0.624. The zero-order valence-electron chi connectivity index (χ0n) is 13.5. The smallest absolute Gasteiger partial charge is 0.255 e. The number of hydrogen-bond acceptors (Lipinski definition) is 3. The summed E-state index contributed by atoms with van der Waals surface area (Å²) in [5.41, 5.74) is 2.17. The van der Waals surface area contributed by atoms with Crippen molar-refractivity contribution in [2.75, 3.05) is 13.1 Å². The fourth-order valence-electron chi connectivity index (χ4n) is 2.97. The Morgan fingerprint density at radius 3 is 2.25 bits per heavy atom. The van der Waals surface area contributed by atoms with Crippen molar-refractivity contribution in [3.63, 3.8) is 0 Å². The molecule has 0 radical (unpaired) electrons. The van der Waals surface area contributed by atoms with Crippen LogP contribution < -0.4 is 5.59 Å². The number of benzene rings is 1. The average Bonchev–Trinajstić information content (AvgIpc) is 2.62. The van der Waals surface area contributed by atoms with Crippen LogP contribution in [0.1, 0.15) is 33.6 Å². The van der Waals surface area contributed by atoms with Crippen molar-refractivity contribution in [2.24, 2.45) is 5.92 Å². The minimum Gasteiger partial charge on any atom is -0.339 e. The number of carbonyl (C=O) groups is 2. The molecule has 6 heteroatoms. The van der Waals surface area contributed by atoms with Gasteiger partial charge in [-0.1, -0.05) is 17.7 Å². The third kappa shape index (κ3) is 3.67. The van der Waals surface area contributed by atoms with Gasteiger partial charge in [0.2, 0.25) is 0 Å². The zero-order valence-corrected chi connectivity index (χ0v) is 14.3. The van der Waals surface area contributed by atoms with Crippen LogP contribution in [0.5, 0.6) is 0 Å². The summed E-state index contributed by atoms with van der Waals surface area (Å²) in [6.45, 7) is 1.19. The maximum atomic E-state index is 12.5. The minimum atomic E-state index is -0.0358. The van der Waals surface area contributed by atoms with Gasteiger partial charge in [-0.15, -0.1) is 0 Å². The van der Waals surface area contributed by atoms with Crippen molar-refractivity contribution in [2.45, 2.75) is 12.8 Å². The van der Waals surface area contributed by atoms with Gasteiger partial charge in [-0.05, 0) is 48.8 Å². The van der Waals surface area contributed by atoms with Gasteiger partial charge in [0.25, 0.3) is 5.91 Å². The summed E-state index contributed by atoms with van der Waals surface area (Å²) in [5.74, 6) is 0.0852. The van der Waals surface area contributed by atoms with E-state index in [4.69, 9.17) is 11.6 Å². The predicted molar refractivity (Wildman–Crippen MR) is 96.8 cm³/mol. The van der Waals surface area contributed by atoms with E-state index in [0.717, 1.165) is 5.59 Å². The Morgan fingerprint density at radius 2 is 1.67 bits per heavy atom. The van der Waals surface area contributed by atoms with Gasteiger partial charge in [0.15, 0.2) is 13.6 Å². The molecule has 1 fully saturated rings. The lowest BCUT2D eigenvalue weighted by Crippen LogP contribution is -2.40. The van der Waals surface area contributed by atoms with Gasteiger partial charge < -0.3 is 4.90 Å². The normalized spacial score (nSPS) is 15.3. The third-order valence-corrected chi connectivity index (χ3v) is 4.69. The monoisotopic (exact) mass is 340 g/mol. The van der Waals surface area contributed by atoms with E-state index in [1.54, 1.807) is 41.4 Å². The van der Waals surface area contributed by atoms with Crippen LogP contribution in [-0.4, -0.2) is 42.5 Å². The Morgan fingerprint density at radius 1 is 1.04 bits per heavy atom. The van der Waals surface area contributed by atoms with E-state index in [0.29, 0.717) is 42.1 Å². The quantitative estimate of drug-likeness (QED) is 0.631. The molecule has 2 heterocycles. The number of carbonyl (C=O) groups excluding carboxylic acids is 2. The summed E-state index contributed by atoms with van der Waals surface area (Å²) in [6, 6.07) is 10.6. The summed E-state index contributed by atoms with van der Waals surface area (Å²) >= 11 is 5.86. The van der Waals surface area contributed by atoms with E-state index in [2.05, 4.69) is 4.98 Å². The second kappa shape index (κ2) is 7.18. The van der Waals surface area contributed by atoms with Crippen molar-refractivity contribution in [1.82, 2.24) is 9.88 Å². The standard InChI is InChI=1S/C18H18BClN2O2/c19-16-6-3-14(11-21-16)18(24)22-9-7-13(8-10-22)17(23)12-1-4-15(20)5-2-12/h1-6,11,13H,7-10,19H2. The predicted octanol–water partition coefficient (Wildman–Crippen LogP) is 1.73. The van der Waals surface area contributed by atoms with Crippen molar-refractivity contribution < 1.29 is 9.59 Å². The van der Waals surface area contributed by atoms with Crippen LogP contribution in [0.15, 0.2) is 42.6 Å². The summed E-state index contributed by atoms with van der Waals surface area (Å²) in [4.78, 5) is 31.0. The highest BCUT2D eigenvalue weighted by Crippen LogP contribution is 2.23. The summed E-state index contributed by atoms with van der Waals surface area (Å²) in [6.07, 6.45) is 2.99. The van der Waals surface area contributed by atoms with E-state index in [-0.39, 0.29) is 17.6 Å². The number of rotatable bonds is 3. The first-order valence-corrected chi connectivity index (χ1v) is 8.44. The van der Waals surface area contributed by atoms with Crippen LogP contribution in [-0.2, 0) is 0 Å². The van der Waals surface area contributed by atoms with E-state index in [1.807, 2.05) is 13.9 Å². The molecule has 0 spiro atoms. The molecular formula is C18H18BClN2O2. The number of halogens is 1. The molecule has 3 rings (SSSR count). The van der Waals surface area contributed by atoms with E-state index in [1.165, 1.54) is 0 Å². The fraction of sp³-hybridized carbons (Fsp3) is 0.278. The van der Waals surface area contributed by atoms with Crippen molar-refractivity contribution in [3.05, 3.63) is 58.7 Å². The third-order valence-electron chi connectivity index (χ3n) is 4.44. The van der Waals surface area contributed by atoms with Gasteiger partial charge in [-0.2, -0.15) is 0 Å². The molecule has 0 atom stereocenters. The second-order valence-electron chi connectivity index (χ2n) is 6.13. The lowest BCUT2D eigenvalue weighted by molar-refractivity contribution is 0.0650. The molecule has 1 aromatic carbocycles. The van der Waals surface area contributed by atoms with Crippen LogP contribution in [0, 0.1) is 5.92 Å². The van der Waals surface area contributed by atoms with E-state index in [9.17, 15) is 9.59 Å². The molecule has 1 amide bonds. The summed E-state index contributed by atoms with van der Waals surface area (Å²) in [7, 11) is 1.89. The maximum absolute atomic E-state index is 12.5. The molecule has 1 saturated heterocycles. The average molecular weight is 341 g/mol. The molecule has 4 nitrogen and oxygen atoms in total. The molecule has 0 unspecified atom stereocenters. The molecule has 0 saturated carbocycles. The first-order chi connectivity index (χ1) is 11.5. The number of ketones is 1. The van der Waals surface area contributed by atoms with Crippen LogP contribution in [0.25, 0.3) is 0 Å². The highest BCUT2D eigenvalue weighted by atomic mass is 35.5. The first-order valence-electron chi connectivity index (χ1n) is 8.06. The molecular weight excluding hydrogens is 322 g/mol. The van der Waals surface area contributed by atoms with Gasteiger partial charge in [0, 0.05) is 35.8 Å². The topological polar surface area (TPSA) is 50.3 Å². The Balaban J connectivity index is 1.61. The van der Waals surface area contributed by atoms with Crippen LogP contribution in [0.4, 0.5) is 0 Å². The van der Waals surface area contributed by atoms with Crippen LogP contribution >= 0.6 is 11.6 Å². The molecule has 2 aromatic rings. The number of amides is 1. The number of pyridine rings is 1. The number of aromatic nitrogens is 1. The highest BCUT2D eigenvalue weighted by molar-refractivity contribution is 6.31. The summed E-state index contributed by atoms with van der Waals surface area (Å²) < 4.78 is 0. The molecule has 1 aliphatic heterocycles. The SMILES string of the molecule is Bc1ccc(C(=O)N2CCC(C(=O)c3ccc(Cl)cc3)CC2)cn1. The van der Waals surface area contributed by atoms with Crippen molar-refractivity contribution >= 4 is 36.7 Å². The fourth-order valence-corrected chi connectivity index (χ4v) is 3.10. The largest absolute Gasteiger partial charge is 0.339 e. The molecule has 0 N–H and O–H groups in total. The zero-order chi connectivity index (χ0) is 17.1. The lowest BCUT2D eigenvalue weighted by Gasteiger charge is -2.31. The van der Waals surface area contributed by atoms with Gasteiger partial charge in [0.05, 0.1) is 5.56 Å². The minimum absolute atomic E-state index is 0.0140. The highest BCUT2D eigenvalue weighted by Gasteiger charge is 2.28. The maximum Gasteiger partial charge on any atom is 0.255 e. The second-order valence-corrected chi connectivity index (χ2v) is 6.56. The van der Waals surface area contributed by atoms with Gasteiger partial charge >= 0.3 is 0 Å². The molecule has 1 aliphatic rings. The number of Topliss-reactive ketones (excluding diaryl/α,β-unsaturated/α-hetero) is 1. The Bertz CT molecular complexity index is 673. The van der Waals surface area contributed by atoms with Crippen molar-refractivity contribution in [3.8, 4) is 0 Å². The Hall–Kier alpha value is -2.14. The number of hydrogen-bond donors (Lipinski definition) is 0. The first kappa shape index (κ1) is 16.7. The molecule has 0 bridgehead atoms. The van der Waals surface area contributed by atoms with Gasteiger partial charge in [-0.25, -0.2) is 0 Å². The van der Waals surface area contributed by atoms with Gasteiger partial charge in [0.1, 0.15) is 0 Å². The molecule has 1 aromatic heterocycles. The molecule has 122 valence electrons. The molecule has 24 heavy (non-hydrogen) atoms. The Kier molecular flexibility index (Phi) is 5.00. The van der Waals surface area contributed by atoms with E-state index >= 15 is 0 Å². The number of nitrogens with zero attached hydrogens (tertiary/aromatic N) is 2. The van der Waals surface area contributed by atoms with E-state index < -0.39 is 0 Å².